The average Bonchev–Trinajstić information content (AvgIpc) is 2.65. The molecular weight excluding hydrogens is 264 g/mol. The molecule has 0 saturated heterocycles. The fourth-order valence-electron chi connectivity index (χ4n) is 2.40. The largest absolute Gasteiger partial charge is 0.389 e. The maximum atomic E-state index is 11.8. The van der Waals surface area contributed by atoms with Crippen LogP contribution in [0.2, 0.25) is 0 Å². The lowest BCUT2D eigenvalue weighted by Gasteiger charge is -2.13. The zero-order chi connectivity index (χ0) is 14.8. The van der Waals surface area contributed by atoms with Crippen molar-refractivity contribution in [3.63, 3.8) is 0 Å². The van der Waals surface area contributed by atoms with Gasteiger partial charge in [0, 0.05) is 11.1 Å². The molecule has 3 rings (SSSR count). The quantitative estimate of drug-likeness (QED) is 0.888. The summed E-state index contributed by atoms with van der Waals surface area (Å²) < 4.78 is 0. The first-order valence-electron chi connectivity index (χ1n) is 6.87. The Bertz CT molecular complexity index is 706. The van der Waals surface area contributed by atoms with E-state index < -0.39 is 6.10 Å². The van der Waals surface area contributed by atoms with Gasteiger partial charge in [0.15, 0.2) is 0 Å². The number of aliphatic hydroxyl groups is 1. The van der Waals surface area contributed by atoms with Gasteiger partial charge in [-0.3, -0.25) is 9.79 Å². The van der Waals surface area contributed by atoms with Crippen LogP contribution in [0.3, 0.4) is 0 Å². The van der Waals surface area contributed by atoms with Crippen LogP contribution in [-0.4, -0.2) is 23.3 Å². The molecule has 4 heteroatoms. The lowest BCUT2D eigenvalue weighted by Crippen LogP contribution is -2.13. The van der Waals surface area contributed by atoms with Gasteiger partial charge in [0.2, 0.25) is 5.91 Å². The van der Waals surface area contributed by atoms with E-state index in [0.29, 0.717) is 0 Å². The zero-order valence-corrected chi connectivity index (χ0v) is 11.7. The van der Waals surface area contributed by atoms with E-state index in [1.165, 1.54) is 0 Å². The lowest BCUT2D eigenvalue weighted by molar-refractivity contribution is -0.114. The van der Waals surface area contributed by atoms with Gasteiger partial charge in [-0.05, 0) is 24.6 Å². The van der Waals surface area contributed by atoms with Crippen molar-refractivity contribution in [1.29, 1.82) is 0 Å². The minimum atomic E-state index is -0.564. The van der Waals surface area contributed by atoms with E-state index in [-0.39, 0.29) is 12.5 Å². The molecule has 1 aliphatic heterocycles. The normalized spacial score (nSPS) is 15.5. The molecule has 2 aromatic rings. The van der Waals surface area contributed by atoms with Crippen LogP contribution < -0.4 is 5.32 Å². The van der Waals surface area contributed by atoms with Crippen LogP contribution in [0.4, 0.5) is 5.69 Å². The molecule has 0 spiro atoms. The molecule has 0 fully saturated rings. The number of anilines is 1. The summed E-state index contributed by atoms with van der Waals surface area (Å²) in [5, 5.41) is 12.6. The van der Waals surface area contributed by atoms with Crippen molar-refractivity contribution in [2.24, 2.45) is 4.99 Å². The molecule has 2 N–H and O–H groups in total. The van der Waals surface area contributed by atoms with Crippen molar-refractivity contribution in [1.82, 2.24) is 0 Å². The van der Waals surface area contributed by atoms with Gasteiger partial charge in [-0.1, -0.05) is 36.4 Å². The first-order chi connectivity index (χ1) is 10.1. The predicted molar refractivity (Wildman–Crippen MR) is 82.7 cm³/mol. The molecule has 0 saturated carbocycles. The molecule has 1 aliphatic rings. The maximum absolute atomic E-state index is 11.8. The first kappa shape index (κ1) is 13.5. The highest BCUT2D eigenvalue weighted by Gasteiger charge is 2.19. The van der Waals surface area contributed by atoms with Gasteiger partial charge in [-0.15, -0.1) is 0 Å². The molecule has 1 unspecified atom stereocenters. The van der Waals surface area contributed by atoms with E-state index in [4.69, 9.17) is 0 Å². The zero-order valence-electron chi connectivity index (χ0n) is 11.7. The number of aliphatic hydroxyl groups excluding tert-OH is 1. The van der Waals surface area contributed by atoms with E-state index in [1.807, 2.05) is 48.5 Å². The summed E-state index contributed by atoms with van der Waals surface area (Å²) in [4.78, 5) is 16.2. The highest BCUT2D eigenvalue weighted by Crippen LogP contribution is 2.26. The second-order valence-electron chi connectivity index (χ2n) is 5.06. The number of fused-ring (bicyclic) bond motifs is 1. The Morgan fingerprint density at radius 2 is 1.95 bits per heavy atom. The summed E-state index contributed by atoms with van der Waals surface area (Å²) >= 11 is 0. The molecule has 21 heavy (non-hydrogen) atoms. The van der Waals surface area contributed by atoms with E-state index in [2.05, 4.69) is 10.3 Å². The summed E-state index contributed by atoms with van der Waals surface area (Å²) in [5.41, 5.74) is 4.09. The molecule has 0 radical (unpaired) electrons. The Morgan fingerprint density at radius 3 is 2.67 bits per heavy atom. The number of hydrogen-bond acceptors (Lipinski definition) is 3. The maximum Gasteiger partial charge on any atom is 0.246 e. The van der Waals surface area contributed by atoms with Crippen LogP contribution in [0.25, 0.3) is 0 Å². The van der Waals surface area contributed by atoms with Crippen molar-refractivity contribution in [3.8, 4) is 0 Å². The number of nitrogens with zero attached hydrogens (tertiary/aromatic N) is 1. The molecule has 106 valence electrons. The van der Waals surface area contributed by atoms with Crippen LogP contribution in [0, 0.1) is 0 Å². The third kappa shape index (κ3) is 2.71. The molecule has 1 heterocycles. The summed E-state index contributed by atoms with van der Waals surface area (Å²) in [7, 11) is 0. The average molecular weight is 280 g/mol. The molecule has 4 nitrogen and oxygen atoms in total. The topological polar surface area (TPSA) is 61.7 Å². The third-order valence-electron chi connectivity index (χ3n) is 3.48. The number of carbonyl (C=O) groups excluding carboxylic acids is 1. The van der Waals surface area contributed by atoms with Crippen molar-refractivity contribution in [3.05, 3.63) is 65.2 Å². The van der Waals surface area contributed by atoms with E-state index in [9.17, 15) is 9.90 Å². The van der Waals surface area contributed by atoms with Gasteiger partial charge >= 0.3 is 0 Å². The monoisotopic (exact) mass is 280 g/mol. The van der Waals surface area contributed by atoms with Crippen molar-refractivity contribution in [2.45, 2.75) is 13.0 Å². The Kier molecular flexibility index (Phi) is 3.54. The Labute approximate surface area is 123 Å². The van der Waals surface area contributed by atoms with E-state index in [0.717, 1.165) is 28.1 Å². The smallest absolute Gasteiger partial charge is 0.246 e. The van der Waals surface area contributed by atoms with Crippen LogP contribution in [0.1, 0.15) is 29.7 Å². The third-order valence-corrected chi connectivity index (χ3v) is 3.48. The van der Waals surface area contributed by atoms with E-state index in [1.54, 1.807) is 6.92 Å². The number of benzodiazepines with no additional fused rings is 1. The van der Waals surface area contributed by atoms with Gasteiger partial charge in [-0.25, -0.2) is 0 Å². The number of benzene rings is 2. The van der Waals surface area contributed by atoms with Crippen molar-refractivity contribution < 1.29 is 9.90 Å². The van der Waals surface area contributed by atoms with Gasteiger partial charge in [0.25, 0.3) is 0 Å². The molecule has 2 aromatic carbocycles. The number of hydrogen-bond donors (Lipinski definition) is 2. The molecular formula is C17H16N2O2. The summed E-state index contributed by atoms with van der Waals surface area (Å²) in [5.74, 6) is -0.132. The summed E-state index contributed by atoms with van der Waals surface area (Å²) in [6.45, 7) is 1.82. The minimum absolute atomic E-state index is 0.100. The second-order valence-corrected chi connectivity index (χ2v) is 5.06. The standard InChI is InChI=1S/C17H16N2O2/c1-11(20)13-7-8-15-14(9-13)17(18-10-16(21)19-15)12-5-3-2-4-6-12/h2-9,11,20H,10H2,1H3,(H,19,21). The number of nitrogens with one attached hydrogen (secondary N) is 1. The van der Waals surface area contributed by atoms with Crippen molar-refractivity contribution >= 4 is 17.3 Å². The van der Waals surface area contributed by atoms with Crippen LogP contribution in [-0.2, 0) is 4.79 Å². The van der Waals surface area contributed by atoms with Gasteiger partial charge in [-0.2, -0.15) is 0 Å². The Morgan fingerprint density at radius 1 is 1.19 bits per heavy atom. The lowest BCUT2D eigenvalue weighted by atomic mass is 9.97. The van der Waals surface area contributed by atoms with Gasteiger partial charge in [0.05, 0.1) is 17.5 Å². The minimum Gasteiger partial charge on any atom is -0.389 e. The number of carbonyl (C=O) groups is 1. The van der Waals surface area contributed by atoms with Gasteiger partial charge in [0.1, 0.15) is 6.54 Å². The van der Waals surface area contributed by atoms with Crippen LogP contribution >= 0.6 is 0 Å². The fourth-order valence-corrected chi connectivity index (χ4v) is 2.40. The van der Waals surface area contributed by atoms with E-state index >= 15 is 0 Å². The molecule has 0 aliphatic carbocycles. The molecule has 1 amide bonds. The highest BCUT2D eigenvalue weighted by atomic mass is 16.3. The first-order valence-corrected chi connectivity index (χ1v) is 6.87. The Balaban J connectivity index is 2.18. The summed E-state index contributed by atoms with van der Waals surface area (Å²) in [6.07, 6.45) is -0.564. The Hall–Kier alpha value is -2.46. The molecule has 0 bridgehead atoms. The van der Waals surface area contributed by atoms with Crippen LogP contribution in [0.5, 0.6) is 0 Å². The number of aliphatic imine (C=N–C) groups is 1. The van der Waals surface area contributed by atoms with Crippen LogP contribution in [0.15, 0.2) is 53.5 Å². The fraction of sp³-hybridized carbons (Fsp3) is 0.176. The molecule has 1 atom stereocenters. The number of amides is 1. The number of rotatable bonds is 2. The highest BCUT2D eigenvalue weighted by molar-refractivity contribution is 6.19. The SMILES string of the molecule is CC(O)c1ccc2c(c1)C(c1ccccc1)=NCC(=O)N2. The van der Waals surface area contributed by atoms with Gasteiger partial charge < -0.3 is 10.4 Å². The predicted octanol–water partition coefficient (Wildman–Crippen LogP) is 2.53. The molecule has 0 aromatic heterocycles. The summed E-state index contributed by atoms with van der Waals surface area (Å²) in [6, 6.07) is 15.3. The second kappa shape index (κ2) is 5.50. The van der Waals surface area contributed by atoms with Crippen molar-refractivity contribution in [2.75, 3.05) is 11.9 Å².